The van der Waals surface area contributed by atoms with Crippen LogP contribution in [0.4, 0.5) is 0 Å². The number of aryl methyl sites for hydroxylation is 2. The molecule has 0 spiro atoms. The number of hydrogen-bond acceptors (Lipinski definition) is 2. The van der Waals surface area contributed by atoms with Crippen molar-refractivity contribution >= 4 is 45.7 Å². The van der Waals surface area contributed by atoms with E-state index in [1.54, 1.807) is 0 Å². The van der Waals surface area contributed by atoms with E-state index in [1.807, 2.05) is 13.8 Å². The molecule has 269 valence electrons. The van der Waals surface area contributed by atoms with E-state index in [4.69, 9.17) is 17.2 Å². The first-order valence-electron chi connectivity index (χ1n) is 18.9. The average Bonchev–Trinajstić information content (AvgIpc) is 3.71. The summed E-state index contributed by atoms with van der Waals surface area (Å²) in [6, 6.07) is 29.9. The van der Waals surface area contributed by atoms with Crippen LogP contribution >= 0.6 is 17.2 Å². The Balaban J connectivity index is 1.71. The maximum absolute atomic E-state index is 13.6. The van der Waals surface area contributed by atoms with Crippen molar-refractivity contribution in [1.29, 1.82) is 0 Å². The van der Waals surface area contributed by atoms with Crippen molar-refractivity contribution in [3.05, 3.63) is 129 Å². The van der Waals surface area contributed by atoms with Crippen LogP contribution in [0.5, 0.6) is 0 Å². The molecular weight excluding hydrogens is 849 g/mol. The quantitative estimate of drug-likeness (QED) is 0.131. The van der Waals surface area contributed by atoms with Gasteiger partial charge in [0.15, 0.2) is 0 Å². The van der Waals surface area contributed by atoms with E-state index in [-0.39, 0.29) is 32.0 Å². The van der Waals surface area contributed by atoms with E-state index in [0.29, 0.717) is 0 Å². The summed E-state index contributed by atoms with van der Waals surface area (Å²) in [5, 5.41) is 6.55. The molecule has 8 heteroatoms. The molecule has 0 saturated heterocycles. The van der Waals surface area contributed by atoms with Crippen molar-refractivity contribution in [2.24, 2.45) is 0 Å². The second-order valence-electron chi connectivity index (χ2n) is 14.6. The molecule has 2 aliphatic carbocycles. The number of amides is 2. The summed E-state index contributed by atoms with van der Waals surface area (Å²) in [5.41, 5.74) is 13.8. The summed E-state index contributed by atoms with van der Waals surface area (Å²) in [4.78, 5) is 27.2. The molecule has 2 N–H and O–H groups in total. The van der Waals surface area contributed by atoms with Gasteiger partial charge in [-0.25, -0.2) is 0 Å². The van der Waals surface area contributed by atoms with Gasteiger partial charge in [0.1, 0.15) is 0 Å². The Morgan fingerprint density at radius 1 is 0.596 bits per heavy atom. The van der Waals surface area contributed by atoms with Gasteiger partial charge in [0.25, 0.3) is 0 Å². The average molecular weight is 899 g/mol. The van der Waals surface area contributed by atoms with Gasteiger partial charge in [-0.05, 0) is 0 Å². The zero-order valence-electron chi connectivity index (χ0n) is 31.3. The zero-order chi connectivity index (χ0) is 37.2. The van der Waals surface area contributed by atoms with E-state index < -0.39 is 20.5 Å². The van der Waals surface area contributed by atoms with Crippen LogP contribution in [0.25, 0.3) is 34.4 Å². The molecule has 52 heavy (non-hydrogen) atoms. The Hall–Kier alpha value is -3.18. The van der Waals surface area contributed by atoms with Gasteiger partial charge in [0.05, 0.1) is 0 Å². The molecule has 0 aliphatic heterocycles. The molecule has 0 saturated carbocycles. The molecule has 2 unspecified atom stereocenters. The number of hydrogen-bond donors (Lipinski definition) is 2. The predicted molar refractivity (Wildman–Crippen MR) is 219 cm³/mol. The molecule has 2 atom stereocenters. The molecular formula is C44H50BCl2HfN2O2. The monoisotopic (exact) mass is 899 g/mol. The van der Waals surface area contributed by atoms with Gasteiger partial charge in [-0.3, -0.25) is 0 Å². The van der Waals surface area contributed by atoms with Crippen molar-refractivity contribution in [2.45, 2.75) is 87.4 Å². The van der Waals surface area contributed by atoms with E-state index in [0.717, 1.165) is 59.1 Å². The predicted octanol–water partition coefficient (Wildman–Crippen LogP) is 11.8. The summed E-state index contributed by atoms with van der Waals surface area (Å²) in [7, 11) is 17.6. The third-order valence-corrected chi connectivity index (χ3v) is 39.7. The summed E-state index contributed by atoms with van der Waals surface area (Å²) in [5.74, 6) is -0.377. The van der Waals surface area contributed by atoms with Gasteiger partial charge in [0, 0.05) is 0 Å². The summed E-state index contributed by atoms with van der Waals surface area (Å²) < 4.78 is -1.65. The maximum atomic E-state index is 13.6. The fourth-order valence-electron chi connectivity index (χ4n) is 8.80. The number of rotatable bonds is 13. The molecule has 0 heterocycles. The Labute approximate surface area is 318 Å². The number of carbonyl (C=O) groups excluding carboxylic acids is 2. The molecule has 4 aromatic rings. The first-order chi connectivity index (χ1) is 25.0. The van der Waals surface area contributed by atoms with Crippen molar-refractivity contribution in [3.63, 3.8) is 0 Å². The zero-order valence-corrected chi connectivity index (χ0v) is 36.4. The van der Waals surface area contributed by atoms with Crippen LogP contribution in [0.3, 0.4) is 0 Å². The normalized spacial score (nSPS) is 17.0. The van der Waals surface area contributed by atoms with Gasteiger partial charge in [0.2, 0.25) is 0 Å². The Morgan fingerprint density at radius 3 is 1.35 bits per heavy atom. The molecule has 2 amide bonds. The van der Waals surface area contributed by atoms with Crippen molar-refractivity contribution in [1.82, 2.24) is 10.5 Å². The van der Waals surface area contributed by atoms with Gasteiger partial charge in [-0.1, -0.05) is 0 Å². The van der Waals surface area contributed by atoms with Crippen LogP contribution in [0.1, 0.15) is 107 Å². The molecule has 0 aromatic heterocycles. The molecule has 4 nitrogen and oxygen atoms in total. The Morgan fingerprint density at radius 2 is 0.981 bits per heavy atom. The number of fused-ring (bicyclic) bond motifs is 2. The Bertz CT molecular complexity index is 1950. The van der Waals surface area contributed by atoms with Gasteiger partial charge >= 0.3 is 321 Å². The first kappa shape index (κ1) is 38.5. The van der Waals surface area contributed by atoms with Crippen LogP contribution in [0, 0.1) is 13.8 Å². The van der Waals surface area contributed by atoms with Crippen LogP contribution in [0.15, 0.2) is 96.1 Å². The standard InChI is InChI=1S/2C19H19.C6H11BN2O2.2ClH.Hf/c2*1-3-7-15-12-16-9-6-11-18(19(16)13-15)17-10-5-4-8-14(17)2;1-3-5(10)8-7-9-6(11)4-2;;;/h2*4-6,8-13H,3,7H2,1-2H3;3-4H2,1-2H3,(H-,8,9,10,11);2*1H;/q;;;;;+1/p-1. The number of halogens is 2. The first-order valence-corrected chi connectivity index (χ1v) is 34.1. The van der Waals surface area contributed by atoms with Crippen molar-refractivity contribution in [3.8, 4) is 22.3 Å². The fourth-order valence-corrected chi connectivity index (χ4v) is 38.6. The van der Waals surface area contributed by atoms with Gasteiger partial charge in [-0.15, -0.1) is 0 Å². The van der Waals surface area contributed by atoms with Crippen LogP contribution in [-0.2, 0) is 25.5 Å². The number of benzene rings is 4. The van der Waals surface area contributed by atoms with Gasteiger partial charge in [-0.2, -0.15) is 0 Å². The van der Waals surface area contributed by atoms with Crippen molar-refractivity contribution < 1.29 is 25.5 Å². The van der Waals surface area contributed by atoms with E-state index >= 15 is 0 Å². The second kappa shape index (κ2) is 15.7. The number of nitrogens with one attached hydrogen (secondary N) is 2. The molecule has 2 aliphatic rings. The minimum atomic E-state index is -6.10. The van der Waals surface area contributed by atoms with Crippen molar-refractivity contribution in [2.75, 3.05) is 0 Å². The third kappa shape index (κ3) is 6.73. The summed E-state index contributed by atoms with van der Waals surface area (Å²) in [6.07, 6.45) is 8.54. The Kier molecular flexibility index (Phi) is 11.6. The van der Waals surface area contributed by atoms with Crippen LogP contribution in [-0.4, -0.2) is 16.4 Å². The molecule has 0 radical (unpaired) electrons. The topological polar surface area (TPSA) is 58.2 Å². The van der Waals surface area contributed by atoms with Gasteiger partial charge < -0.3 is 0 Å². The molecule has 4 aromatic carbocycles. The second-order valence-corrected chi connectivity index (χ2v) is 45.0. The van der Waals surface area contributed by atoms with Crippen LogP contribution in [0.2, 0.25) is 0 Å². The summed E-state index contributed by atoms with van der Waals surface area (Å²) >= 11 is -6.10. The minimum absolute atomic E-state index is 0.188. The number of allylic oxidation sites excluding steroid dienone is 2. The molecule has 0 fully saturated rings. The number of carbonyl (C=O) groups is 2. The van der Waals surface area contributed by atoms with E-state index in [2.05, 4.69) is 135 Å². The SMILES string of the molecule is CCCC1=Cc2c(-c3ccccc3C)cccc2[CH]1[Hf]([Cl])([Cl])([B](NC(=O)CC)NC(=O)CC)[CH]1C(CCC)=Cc2c(-c3ccccc3C)cccc21. The van der Waals surface area contributed by atoms with E-state index in [9.17, 15) is 9.59 Å². The molecule has 0 bridgehead atoms. The third-order valence-electron chi connectivity index (χ3n) is 11.2. The van der Waals surface area contributed by atoms with Crippen LogP contribution < -0.4 is 10.5 Å². The van der Waals surface area contributed by atoms with E-state index in [1.165, 1.54) is 33.4 Å². The molecule has 6 rings (SSSR count). The fraction of sp³-hybridized carbons (Fsp3) is 0.318. The summed E-state index contributed by atoms with van der Waals surface area (Å²) in [6.45, 7) is 12.3.